The molecule has 0 aliphatic carbocycles. The zero-order valence-electron chi connectivity index (χ0n) is 6.55. The van der Waals surface area contributed by atoms with Gasteiger partial charge in [-0.15, -0.1) is 0 Å². The fourth-order valence-electron chi connectivity index (χ4n) is 1.16. The first-order chi connectivity index (χ1) is 4.57. The van der Waals surface area contributed by atoms with Gasteiger partial charge in [0.2, 0.25) is 5.91 Å². The smallest absolute Gasteiger partial charge is 0.219 e. The van der Waals surface area contributed by atoms with Gasteiger partial charge in [-0.1, -0.05) is 6.92 Å². The van der Waals surface area contributed by atoms with Gasteiger partial charge in [0.15, 0.2) is 0 Å². The van der Waals surface area contributed by atoms with Gasteiger partial charge >= 0.3 is 0 Å². The molecule has 0 atom stereocenters. The minimum Gasteiger partial charge on any atom is -0.339 e. The van der Waals surface area contributed by atoms with Crippen molar-refractivity contribution in [3.63, 3.8) is 0 Å². The summed E-state index contributed by atoms with van der Waals surface area (Å²) in [5, 5.41) is 0. The molecule has 0 unspecified atom stereocenters. The van der Waals surface area contributed by atoms with Crippen LogP contribution < -0.4 is 5.73 Å². The normalized spacial score (nSPS) is 22.1. The molecule has 0 aromatic carbocycles. The van der Waals surface area contributed by atoms with Gasteiger partial charge < -0.3 is 10.6 Å². The molecule has 1 saturated heterocycles. The predicted octanol–water partition coefficient (Wildman–Crippen LogP) is -0.0440. The summed E-state index contributed by atoms with van der Waals surface area (Å²) in [5.41, 5.74) is 5.76. The first-order valence-corrected chi connectivity index (χ1v) is 3.62. The Balaban J connectivity index is 2.36. The first-order valence-electron chi connectivity index (χ1n) is 3.62. The summed E-state index contributed by atoms with van der Waals surface area (Å²) in [5.74, 6) is 0.134. The van der Waals surface area contributed by atoms with Crippen molar-refractivity contribution in [2.45, 2.75) is 25.8 Å². The maximum absolute atomic E-state index is 10.7. The molecule has 0 spiro atoms. The number of hydrogen-bond acceptors (Lipinski definition) is 2. The Hall–Kier alpha value is -0.570. The second-order valence-electron chi connectivity index (χ2n) is 3.09. The number of nitrogens with zero attached hydrogens (tertiary/aromatic N) is 1. The third-order valence-electron chi connectivity index (χ3n) is 2.16. The molecule has 1 aliphatic heterocycles. The zero-order valence-corrected chi connectivity index (χ0v) is 6.55. The number of amides is 1. The highest BCUT2D eigenvalue weighted by atomic mass is 16.2. The summed E-state index contributed by atoms with van der Waals surface area (Å²) in [6.07, 6.45) is 0.955. The Labute approximate surface area is 61.2 Å². The van der Waals surface area contributed by atoms with Crippen molar-refractivity contribution in [3.05, 3.63) is 0 Å². The van der Waals surface area contributed by atoms with Crippen LogP contribution in [0.2, 0.25) is 0 Å². The molecular formula is C7H14N2O. The third-order valence-corrected chi connectivity index (χ3v) is 2.16. The van der Waals surface area contributed by atoms with Gasteiger partial charge in [0.25, 0.3) is 0 Å². The highest BCUT2D eigenvalue weighted by molar-refractivity contribution is 5.74. The van der Waals surface area contributed by atoms with Crippen LogP contribution in [0.5, 0.6) is 0 Å². The Bertz CT molecular complexity index is 150. The number of likely N-dealkylation sites (tertiary alicyclic amines) is 1. The van der Waals surface area contributed by atoms with E-state index in [2.05, 4.69) is 6.92 Å². The van der Waals surface area contributed by atoms with E-state index in [1.165, 1.54) is 0 Å². The summed E-state index contributed by atoms with van der Waals surface area (Å²) < 4.78 is 0. The van der Waals surface area contributed by atoms with Gasteiger partial charge in [-0.25, -0.2) is 0 Å². The molecule has 1 amide bonds. The molecule has 10 heavy (non-hydrogen) atoms. The van der Waals surface area contributed by atoms with Crippen molar-refractivity contribution in [1.82, 2.24) is 4.90 Å². The van der Waals surface area contributed by atoms with Crippen molar-refractivity contribution < 1.29 is 4.79 Å². The van der Waals surface area contributed by atoms with Crippen molar-refractivity contribution in [2.24, 2.45) is 5.73 Å². The average Bonchev–Trinajstić information content (AvgIpc) is 1.80. The second-order valence-corrected chi connectivity index (χ2v) is 3.09. The molecule has 0 saturated carbocycles. The van der Waals surface area contributed by atoms with E-state index in [0.717, 1.165) is 19.5 Å². The number of carbonyl (C=O) groups is 1. The fourth-order valence-corrected chi connectivity index (χ4v) is 1.16. The number of carbonyl (C=O) groups excluding carboxylic acids is 1. The lowest BCUT2D eigenvalue weighted by molar-refractivity contribution is -0.136. The lowest BCUT2D eigenvalue weighted by Gasteiger charge is -2.46. The average molecular weight is 142 g/mol. The second kappa shape index (κ2) is 2.23. The summed E-state index contributed by atoms with van der Waals surface area (Å²) in [7, 11) is 0. The lowest BCUT2D eigenvalue weighted by atomic mass is 9.88. The van der Waals surface area contributed by atoms with Crippen LogP contribution in [0.3, 0.4) is 0 Å². The fraction of sp³-hybridized carbons (Fsp3) is 0.857. The number of rotatable bonds is 1. The third kappa shape index (κ3) is 1.14. The molecular weight excluding hydrogens is 128 g/mol. The van der Waals surface area contributed by atoms with Crippen LogP contribution in [0, 0.1) is 0 Å². The van der Waals surface area contributed by atoms with Gasteiger partial charge in [0, 0.05) is 20.0 Å². The van der Waals surface area contributed by atoms with Gasteiger partial charge in [0.1, 0.15) is 0 Å². The monoisotopic (exact) mass is 142 g/mol. The molecule has 1 aliphatic rings. The van der Waals surface area contributed by atoms with Crippen LogP contribution in [-0.2, 0) is 4.79 Å². The molecule has 0 radical (unpaired) electrons. The molecule has 0 bridgehead atoms. The number of hydrogen-bond donors (Lipinski definition) is 1. The molecule has 0 aromatic heterocycles. The van der Waals surface area contributed by atoms with Gasteiger partial charge in [-0.3, -0.25) is 4.79 Å². The summed E-state index contributed by atoms with van der Waals surface area (Å²) in [6, 6.07) is 0. The Morgan fingerprint density at radius 1 is 1.70 bits per heavy atom. The maximum Gasteiger partial charge on any atom is 0.219 e. The van der Waals surface area contributed by atoms with Crippen LogP contribution in [-0.4, -0.2) is 29.4 Å². The molecule has 1 fully saturated rings. The van der Waals surface area contributed by atoms with E-state index in [1.54, 1.807) is 11.8 Å². The van der Waals surface area contributed by atoms with Crippen LogP contribution in [0.25, 0.3) is 0 Å². The van der Waals surface area contributed by atoms with Crippen molar-refractivity contribution in [2.75, 3.05) is 13.1 Å². The Kier molecular flexibility index (Phi) is 1.68. The van der Waals surface area contributed by atoms with E-state index in [9.17, 15) is 4.79 Å². The minimum absolute atomic E-state index is 0.0777. The van der Waals surface area contributed by atoms with Crippen LogP contribution >= 0.6 is 0 Å². The highest BCUT2D eigenvalue weighted by Gasteiger charge is 2.38. The lowest BCUT2D eigenvalue weighted by Crippen LogP contribution is -2.67. The van der Waals surface area contributed by atoms with Crippen molar-refractivity contribution in [3.8, 4) is 0 Å². The highest BCUT2D eigenvalue weighted by Crippen LogP contribution is 2.20. The van der Waals surface area contributed by atoms with Crippen LogP contribution in [0.15, 0.2) is 0 Å². The largest absolute Gasteiger partial charge is 0.339 e. The number of nitrogens with two attached hydrogens (primary N) is 1. The van der Waals surface area contributed by atoms with E-state index in [4.69, 9.17) is 5.73 Å². The van der Waals surface area contributed by atoms with E-state index < -0.39 is 0 Å². The minimum atomic E-state index is -0.0777. The van der Waals surface area contributed by atoms with E-state index in [-0.39, 0.29) is 11.4 Å². The Morgan fingerprint density at radius 2 is 2.20 bits per heavy atom. The molecule has 58 valence electrons. The van der Waals surface area contributed by atoms with E-state index >= 15 is 0 Å². The molecule has 1 rings (SSSR count). The van der Waals surface area contributed by atoms with Gasteiger partial charge in [0.05, 0.1) is 5.54 Å². The van der Waals surface area contributed by atoms with E-state index in [0.29, 0.717) is 0 Å². The predicted molar refractivity (Wildman–Crippen MR) is 39.5 cm³/mol. The molecule has 3 heteroatoms. The van der Waals surface area contributed by atoms with E-state index in [1.807, 2.05) is 0 Å². The Morgan fingerprint density at radius 3 is 2.50 bits per heavy atom. The van der Waals surface area contributed by atoms with Crippen molar-refractivity contribution >= 4 is 5.91 Å². The topological polar surface area (TPSA) is 46.3 Å². The van der Waals surface area contributed by atoms with Crippen LogP contribution in [0.1, 0.15) is 20.3 Å². The van der Waals surface area contributed by atoms with Gasteiger partial charge in [-0.2, -0.15) is 0 Å². The van der Waals surface area contributed by atoms with Crippen LogP contribution in [0.4, 0.5) is 0 Å². The molecule has 1 heterocycles. The molecule has 3 nitrogen and oxygen atoms in total. The standard InChI is InChI=1S/C7H14N2O/c1-3-7(8)4-9(5-7)6(2)10/h3-5,8H2,1-2H3. The molecule has 2 N–H and O–H groups in total. The first kappa shape index (κ1) is 7.54. The molecule has 0 aromatic rings. The maximum atomic E-state index is 10.7. The summed E-state index contributed by atoms with van der Waals surface area (Å²) in [6.45, 7) is 5.10. The zero-order chi connectivity index (χ0) is 7.78. The SMILES string of the molecule is CCC1(N)CN(C(C)=O)C1. The quantitative estimate of drug-likeness (QED) is 0.558. The van der Waals surface area contributed by atoms with Gasteiger partial charge in [-0.05, 0) is 6.42 Å². The summed E-state index contributed by atoms with van der Waals surface area (Å²) in [4.78, 5) is 12.5. The van der Waals surface area contributed by atoms with Crippen molar-refractivity contribution in [1.29, 1.82) is 0 Å². The summed E-state index contributed by atoms with van der Waals surface area (Å²) >= 11 is 0.